The Morgan fingerprint density at radius 1 is 0.862 bits per heavy atom. The second-order valence-electron chi connectivity index (χ2n) is 6.74. The summed E-state index contributed by atoms with van der Waals surface area (Å²) in [5.74, 6) is 0.745. The van der Waals surface area contributed by atoms with Crippen molar-refractivity contribution < 1.29 is 4.52 Å². The minimum Gasteiger partial charge on any atom is -0.332 e. The molecule has 0 spiro atoms. The van der Waals surface area contributed by atoms with E-state index in [4.69, 9.17) is 4.52 Å². The van der Waals surface area contributed by atoms with E-state index in [-0.39, 0.29) is 11.4 Å². The zero-order chi connectivity index (χ0) is 19.8. The number of aromatic nitrogens is 4. The van der Waals surface area contributed by atoms with Crippen molar-refractivity contribution in [2.75, 3.05) is 0 Å². The van der Waals surface area contributed by atoms with Gasteiger partial charge in [-0.1, -0.05) is 65.3 Å². The van der Waals surface area contributed by atoms with Crippen LogP contribution in [-0.2, 0) is 0 Å². The lowest BCUT2D eigenvalue weighted by Crippen LogP contribution is -2.22. The number of aryl methyl sites for hydroxylation is 1. The molecule has 140 valence electrons. The van der Waals surface area contributed by atoms with E-state index in [1.54, 1.807) is 6.07 Å². The maximum Gasteiger partial charge on any atom is 0.279 e. The van der Waals surface area contributed by atoms with Crippen LogP contribution < -0.4 is 5.56 Å². The highest BCUT2D eigenvalue weighted by atomic mass is 16.5. The van der Waals surface area contributed by atoms with Gasteiger partial charge in [0.05, 0.1) is 11.1 Å². The smallest absolute Gasteiger partial charge is 0.279 e. The topological polar surface area (TPSA) is 73.8 Å². The molecule has 0 aliphatic heterocycles. The van der Waals surface area contributed by atoms with Crippen LogP contribution in [0.3, 0.4) is 0 Å². The predicted octanol–water partition coefficient (Wildman–Crippen LogP) is 4.41. The largest absolute Gasteiger partial charge is 0.332 e. The number of para-hydroxylation sites is 1. The fourth-order valence-corrected chi connectivity index (χ4v) is 3.31. The number of hydrogen-bond donors (Lipinski definition) is 0. The van der Waals surface area contributed by atoms with Gasteiger partial charge in [-0.15, -0.1) is 0 Å². The van der Waals surface area contributed by atoms with Crippen molar-refractivity contribution in [1.82, 2.24) is 19.9 Å². The van der Waals surface area contributed by atoms with Crippen LogP contribution in [0.1, 0.15) is 5.56 Å². The summed E-state index contributed by atoms with van der Waals surface area (Å²) >= 11 is 0. The van der Waals surface area contributed by atoms with E-state index >= 15 is 0 Å². The maximum absolute atomic E-state index is 13.0. The molecular weight excluding hydrogens is 364 g/mol. The molecule has 2 heterocycles. The normalized spacial score (nSPS) is 11.1. The van der Waals surface area contributed by atoms with Crippen molar-refractivity contribution >= 4 is 10.8 Å². The van der Waals surface area contributed by atoms with Gasteiger partial charge in [0, 0.05) is 10.9 Å². The summed E-state index contributed by atoms with van der Waals surface area (Å²) in [6, 6.07) is 24.5. The lowest BCUT2D eigenvalue weighted by molar-refractivity contribution is 0.430. The van der Waals surface area contributed by atoms with E-state index in [1.165, 1.54) is 4.68 Å². The molecule has 0 saturated carbocycles. The highest BCUT2D eigenvalue weighted by Crippen LogP contribution is 2.26. The van der Waals surface area contributed by atoms with Gasteiger partial charge in [0.2, 0.25) is 5.82 Å². The molecule has 0 N–H and O–H groups in total. The van der Waals surface area contributed by atoms with Crippen LogP contribution in [0.5, 0.6) is 0 Å². The van der Waals surface area contributed by atoms with E-state index in [0.29, 0.717) is 28.0 Å². The molecule has 0 unspecified atom stereocenters. The fourth-order valence-electron chi connectivity index (χ4n) is 3.31. The van der Waals surface area contributed by atoms with E-state index in [2.05, 4.69) is 15.2 Å². The van der Waals surface area contributed by atoms with Crippen molar-refractivity contribution in [3.8, 4) is 28.7 Å². The Balaban J connectivity index is 1.73. The van der Waals surface area contributed by atoms with E-state index in [9.17, 15) is 4.79 Å². The quantitative estimate of drug-likeness (QED) is 0.463. The molecule has 0 aliphatic rings. The summed E-state index contributed by atoms with van der Waals surface area (Å²) in [6.45, 7) is 2.01. The highest BCUT2D eigenvalue weighted by Gasteiger charge is 2.18. The van der Waals surface area contributed by atoms with Gasteiger partial charge in [0.25, 0.3) is 11.4 Å². The first-order chi connectivity index (χ1) is 14.2. The predicted molar refractivity (Wildman–Crippen MR) is 111 cm³/mol. The van der Waals surface area contributed by atoms with Crippen molar-refractivity contribution in [1.29, 1.82) is 0 Å². The minimum atomic E-state index is -0.200. The zero-order valence-electron chi connectivity index (χ0n) is 15.6. The van der Waals surface area contributed by atoms with Crippen LogP contribution >= 0.6 is 0 Å². The average molecular weight is 380 g/mol. The van der Waals surface area contributed by atoms with Gasteiger partial charge < -0.3 is 4.52 Å². The van der Waals surface area contributed by atoms with E-state index in [1.807, 2.05) is 79.7 Å². The molecule has 0 fully saturated rings. The van der Waals surface area contributed by atoms with Crippen LogP contribution in [0.25, 0.3) is 39.4 Å². The fraction of sp³-hybridized carbons (Fsp3) is 0.0435. The van der Waals surface area contributed by atoms with Gasteiger partial charge in [0.15, 0.2) is 5.69 Å². The highest BCUT2D eigenvalue weighted by molar-refractivity contribution is 5.92. The summed E-state index contributed by atoms with van der Waals surface area (Å²) in [5.41, 5.74) is 2.91. The van der Waals surface area contributed by atoms with Crippen LogP contribution in [-0.4, -0.2) is 19.9 Å². The van der Waals surface area contributed by atoms with Gasteiger partial charge in [0.1, 0.15) is 0 Å². The van der Waals surface area contributed by atoms with E-state index in [0.717, 1.165) is 11.1 Å². The third-order valence-corrected chi connectivity index (χ3v) is 4.71. The molecular formula is C23H16N4O2. The Hall–Kier alpha value is -4.06. The number of rotatable bonds is 3. The first-order valence-corrected chi connectivity index (χ1v) is 9.19. The summed E-state index contributed by atoms with van der Waals surface area (Å²) < 4.78 is 6.91. The van der Waals surface area contributed by atoms with Crippen molar-refractivity contribution in [2.24, 2.45) is 0 Å². The Morgan fingerprint density at radius 3 is 2.41 bits per heavy atom. The molecule has 0 atom stereocenters. The number of nitrogens with zero attached hydrogens (tertiary/aromatic N) is 4. The van der Waals surface area contributed by atoms with Crippen LogP contribution in [0.15, 0.2) is 88.2 Å². The number of fused-ring (bicyclic) bond motifs is 1. The van der Waals surface area contributed by atoms with Gasteiger partial charge >= 0.3 is 0 Å². The summed E-state index contributed by atoms with van der Waals surface area (Å²) in [6.07, 6.45) is 0. The van der Waals surface area contributed by atoms with E-state index < -0.39 is 0 Å². The van der Waals surface area contributed by atoms with Gasteiger partial charge in [-0.3, -0.25) is 4.79 Å². The van der Waals surface area contributed by atoms with Crippen LogP contribution in [0.4, 0.5) is 0 Å². The Morgan fingerprint density at radius 2 is 1.62 bits per heavy atom. The van der Waals surface area contributed by atoms with Gasteiger partial charge in [-0.25, -0.2) is 0 Å². The second-order valence-corrected chi connectivity index (χ2v) is 6.74. The molecule has 0 radical (unpaired) electrons. The first-order valence-electron chi connectivity index (χ1n) is 9.19. The SMILES string of the molecule is Cc1cccc(-c2noc(-c3nn(-c4ccccc4)c(=O)c4ccccc34)n2)c1. The Labute approximate surface area is 166 Å². The molecule has 3 aromatic carbocycles. The maximum atomic E-state index is 13.0. The molecule has 0 amide bonds. The Bertz CT molecular complexity index is 1390. The Kier molecular flexibility index (Phi) is 4.02. The zero-order valence-corrected chi connectivity index (χ0v) is 15.6. The molecule has 5 aromatic rings. The van der Waals surface area contributed by atoms with Crippen molar-refractivity contribution in [3.05, 3.63) is 94.8 Å². The van der Waals surface area contributed by atoms with Crippen LogP contribution in [0.2, 0.25) is 0 Å². The summed E-state index contributed by atoms with van der Waals surface area (Å²) in [4.78, 5) is 17.6. The van der Waals surface area contributed by atoms with Crippen molar-refractivity contribution in [2.45, 2.75) is 6.92 Å². The van der Waals surface area contributed by atoms with Crippen molar-refractivity contribution in [3.63, 3.8) is 0 Å². The molecule has 0 saturated heterocycles. The molecule has 5 rings (SSSR count). The van der Waals surface area contributed by atoms with Gasteiger partial charge in [-0.2, -0.15) is 14.8 Å². The summed E-state index contributed by atoms with van der Waals surface area (Å²) in [7, 11) is 0. The second kappa shape index (κ2) is 6.83. The molecule has 2 aromatic heterocycles. The lowest BCUT2D eigenvalue weighted by Gasteiger charge is -2.08. The van der Waals surface area contributed by atoms with Crippen LogP contribution in [0, 0.1) is 6.92 Å². The minimum absolute atomic E-state index is 0.200. The molecule has 0 aliphatic carbocycles. The third kappa shape index (κ3) is 3.00. The molecule has 6 heteroatoms. The average Bonchev–Trinajstić information content (AvgIpc) is 3.25. The molecule has 6 nitrogen and oxygen atoms in total. The molecule has 0 bridgehead atoms. The monoisotopic (exact) mass is 380 g/mol. The first kappa shape index (κ1) is 17.1. The summed E-state index contributed by atoms with van der Waals surface area (Å²) in [5, 5.41) is 9.90. The lowest BCUT2D eigenvalue weighted by atomic mass is 10.1. The molecule has 29 heavy (non-hydrogen) atoms. The third-order valence-electron chi connectivity index (χ3n) is 4.71. The standard InChI is InChI=1S/C23H16N4O2/c1-15-8-7-9-16(14-15)21-24-22(29-26-21)20-18-12-5-6-13-19(18)23(28)27(25-20)17-10-3-2-4-11-17/h2-14H,1H3. The van der Waals surface area contributed by atoms with Gasteiger partial charge in [-0.05, 0) is 31.2 Å². The number of benzene rings is 3. The number of hydrogen-bond acceptors (Lipinski definition) is 5.